The molecular formula is C27H32N4O5S. The quantitative estimate of drug-likeness (QED) is 0.535. The monoisotopic (exact) mass is 524 g/mol. The summed E-state index contributed by atoms with van der Waals surface area (Å²) in [6.45, 7) is 7.89. The summed E-state index contributed by atoms with van der Waals surface area (Å²) in [6.07, 6.45) is 0.668. The Kier molecular flexibility index (Phi) is 7.79. The number of nitrogens with zero attached hydrogens (tertiary/aromatic N) is 3. The maximum atomic E-state index is 13.8. The van der Waals surface area contributed by atoms with E-state index < -0.39 is 10.0 Å². The Bertz CT molecular complexity index is 1390. The van der Waals surface area contributed by atoms with Gasteiger partial charge < -0.3 is 14.8 Å². The normalized spacial score (nSPS) is 17.3. The molecule has 1 aliphatic rings. The van der Waals surface area contributed by atoms with Gasteiger partial charge in [-0.05, 0) is 55.5 Å². The summed E-state index contributed by atoms with van der Waals surface area (Å²) in [5.74, 6) is 0.0340. The molecule has 1 aromatic heterocycles. The van der Waals surface area contributed by atoms with Crippen molar-refractivity contribution in [3.8, 4) is 17.1 Å². The molecule has 2 aromatic carbocycles. The van der Waals surface area contributed by atoms with E-state index in [1.165, 1.54) is 19.2 Å². The summed E-state index contributed by atoms with van der Waals surface area (Å²) < 4.78 is 39.9. The molecule has 1 N–H and O–H groups in total. The Hall–Kier alpha value is -3.50. The maximum Gasteiger partial charge on any atom is 0.268 e. The van der Waals surface area contributed by atoms with Crippen LogP contribution in [0.5, 0.6) is 5.88 Å². The van der Waals surface area contributed by atoms with Crippen molar-refractivity contribution in [3.63, 3.8) is 0 Å². The third-order valence-corrected chi connectivity index (χ3v) is 7.80. The van der Waals surface area contributed by atoms with Gasteiger partial charge in [0.2, 0.25) is 11.8 Å². The minimum Gasteiger partial charge on any atom is -0.475 e. The summed E-state index contributed by atoms with van der Waals surface area (Å²) in [5, 5.41) is 2.99. The Morgan fingerprint density at radius 1 is 1.11 bits per heavy atom. The number of aromatic nitrogens is 2. The molecule has 0 saturated carbocycles. The molecule has 1 aliphatic heterocycles. The average molecular weight is 525 g/mol. The van der Waals surface area contributed by atoms with Gasteiger partial charge in [0.25, 0.3) is 15.9 Å². The lowest BCUT2D eigenvalue weighted by molar-refractivity contribution is 0.0913. The third-order valence-electron chi connectivity index (χ3n) is 6.11. The highest BCUT2D eigenvalue weighted by molar-refractivity contribution is 7.92. The van der Waals surface area contributed by atoms with Crippen LogP contribution in [0.4, 0.5) is 5.95 Å². The smallest absolute Gasteiger partial charge is 0.268 e. The summed E-state index contributed by atoms with van der Waals surface area (Å²) >= 11 is 0. The molecular weight excluding hydrogens is 492 g/mol. The number of anilines is 1. The summed E-state index contributed by atoms with van der Waals surface area (Å²) in [4.78, 5) is 22.1. The number of methoxy groups -OCH3 is 1. The number of carbonyl (C=O) groups excluding carboxylic acids is 1. The fraction of sp³-hybridized carbons (Fsp3) is 0.370. The van der Waals surface area contributed by atoms with Gasteiger partial charge in [0.05, 0.1) is 16.6 Å². The zero-order valence-corrected chi connectivity index (χ0v) is 22.5. The van der Waals surface area contributed by atoms with E-state index in [-0.39, 0.29) is 47.6 Å². The van der Waals surface area contributed by atoms with Crippen LogP contribution in [0.2, 0.25) is 0 Å². The molecule has 0 spiro atoms. The lowest BCUT2D eigenvalue weighted by Crippen LogP contribution is -2.40. The molecule has 3 aromatic rings. The van der Waals surface area contributed by atoms with Gasteiger partial charge >= 0.3 is 0 Å². The number of aryl methyl sites for hydroxylation is 2. The standard InChI is InChI=1S/C27H32N4O5S/c1-17(2)12-21-15-36-24-14-23(25-18(3)8-6-9-19(25)4)29-27(30-24)31(16-35-5)37(33,34)22-11-7-10-20(13-22)26(32)28-21/h6-11,13-14,17,21H,12,15-16H2,1-5H3,(H,28,32)/t21-/m1/s1. The molecule has 2 heterocycles. The Morgan fingerprint density at radius 3 is 2.49 bits per heavy atom. The molecule has 0 unspecified atom stereocenters. The third kappa shape index (κ3) is 5.75. The van der Waals surface area contributed by atoms with Crippen LogP contribution in [0.25, 0.3) is 11.3 Å². The molecule has 0 aliphatic carbocycles. The first kappa shape index (κ1) is 26.6. The Labute approximate surface area is 217 Å². The largest absolute Gasteiger partial charge is 0.475 e. The second-order valence-corrected chi connectivity index (χ2v) is 11.4. The lowest BCUT2D eigenvalue weighted by atomic mass is 10.00. The van der Waals surface area contributed by atoms with Crippen LogP contribution in [0, 0.1) is 19.8 Å². The Morgan fingerprint density at radius 2 is 1.81 bits per heavy atom. The van der Waals surface area contributed by atoms with Gasteiger partial charge in [-0.1, -0.05) is 38.1 Å². The van der Waals surface area contributed by atoms with Crippen LogP contribution in [0.15, 0.2) is 53.4 Å². The van der Waals surface area contributed by atoms with Crippen molar-refractivity contribution >= 4 is 21.9 Å². The molecule has 0 saturated heterocycles. The van der Waals surface area contributed by atoms with E-state index in [0.29, 0.717) is 18.0 Å². The number of hydrogen-bond acceptors (Lipinski definition) is 7. The summed E-state index contributed by atoms with van der Waals surface area (Å²) in [7, 11) is -2.80. The molecule has 4 bridgehead atoms. The van der Waals surface area contributed by atoms with Crippen molar-refractivity contribution in [1.29, 1.82) is 0 Å². The topological polar surface area (TPSA) is 111 Å². The van der Waals surface area contributed by atoms with Gasteiger partial charge in [-0.15, -0.1) is 0 Å². The predicted octanol–water partition coefficient (Wildman–Crippen LogP) is 4.10. The maximum absolute atomic E-state index is 13.8. The first-order valence-electron chi connectivity index (χ1n) is 12.1. The molecule has 0 radical (unpaired) electrons. The van der Waals surface area contributed by atoms with Crippen LogP contribution in [0.3, 0.4) is 0 Å². The van der Waals surface area contributed by atoms with Gasteiger partial charge in [-0.2, -0.15) is 4.98 Å². The number of rotatable bonds is 5. The van der Waals surface area contributed by atoms with Gasteiger partial charge in [0, 0.05) is 24.3 Å². The summed E-state index contributed by atoms with van der Waals surface area (Å²) in [5.41, 5.74) is 3.58. The minimum absolute atomic E-state index is 0.0691. The lowest BCUT2D eigenvalue weighted by Gasteiger charge is -2.23. The number of hydrogen-bond donors (Lipinski definition) is 1. The van der Waals surface area contributed by atoms with Gasteiger partial charge in [-0.25, -0.2) is 17.7 Å². The highest BCUT2D eigenvalue weighted by atomic mass is 32.2. The zero-order chi connectivity index (χ0) is 26.7. The van der Waals surface area contributed by atoms with E-state index >= 15 is 0 Å². The molecule has 0 fully saturated rings. The van der Waals surface area contributed by atoms with Crippen molar-refractivity contribution in [2.24, 2.45) is 5.92 Å². The molecule has 10 heteroatoms. The van der Waals surface area contributed by atoms with E-state index in [1.54, 1.807) is 18.2 Å². The van der Waals surface area contributed by atoms with Crippen LogP contribution in [0.1, 0.15) is 41.8 Å². The van der Waals surface area contributed by atoms with Crippen molar-refractivity contribution in [3.05, 3.63) is 65.2 Å². The van der Waals surface area contributed by atoms with E-state index in [1.807, 2.05) is 32.0 Å². The first-order chi connectivity index (χ1) is 17.6. The van der Waals surface area contributed by atoms with Crippen molar-refractivity contribution < 1.29 is 22.7 Å². The fourth-order valence-corrected chi connectivity index (χ4v) is 5.74. The number of benzene rings is 2. The average Bonchev–Trinajstić information content (AvgIpc) is 2.85. The van der Waals surface area contributed by atoms with Crippen LogP contribution < -0.4 is 14.4 Å². The number of ether oxygens (including phenoxy) is 2. The molecule has 4 rings (SSSR count). The summed E-state index contributed by atoms with van der Waals surface area (Å²) in [6, 6.07) is 13.2. The molecule has 1 amide bonds. The van der Waals surface area contributed by atoms with Gasteiger partial charge in [0.15, 0.2) is 0 Å². The van der Waals surface area contributed by atoms with Crippen LogP contribution in [-0.4, -0.2) is 50.8 Å². The number of fused-ring (bicyclic) bond motifs is 4. The SMILES string of the molecule is COCN1c2nc(cc(-c3c(C)cccc3C)n2)OC[C@@H](CC(C)C)NC(=O)c2cccc(c2)S1(=O)=O. The minimum atomic E-state index is -4.19. The number of sulfonamides is 1. The highest BCUT2D eigenvalue weighted by Crippen LogP contribution is 2.31. The highest BCUT2D eigenvalue weighted by Gasteiger charge is 2.30. The van der Waals surface area contributed by atoms with Crippen LogP contribution in [-0.2, 0) is 14.8 Å². The molecule has 196 valence electrons. The van der Waals surface area contributed by atoms with E-state index in [9.17, 15) is 13.2 Å². The zero-order valence-electron chi connectivity index (χ0n) is 21.7. The van der Waals surface area contributed by atoms with E-state index in [2.05, 4.69) is 29.1 Å². The second-order valence-electron chi connectivity index (χ2n) is 9.57. The molecule has 9 nitrogen and oxygen atoms in total. The van der Waals surface area contributed by atoms with E-state index in [0.717, 1.165) is 21.0 Å². The number of amides is 1. The second kappa shape index (κ2) is 10.9. The Balaban J connectivity index is 1.95. The number of nitrogens with one attached hydrogen (secondary N) is 1. The van der Waals surface area contributed by atoms with Crippen molar-refractivity contribution in [1.82, 2.24) is 15.3 Å². The van der Waals surface area contributed by atoms with Crippen molar-refractivity contribution in [2.45, 2.75) is 45.1 Å². The molecule has 37 heavy (non-hydrogen) atoms. The predicted molar refractivity (Wildman–Crippen MR) is 141 cm³/mol. The van der Waals surface area contributed by atoms with Crippen molar-refractivity contribution in [2.75, 3.05) is 24.8 Å². The van der Waals surface area contributed by atoms with E-state index in [4.69, 9.17) is 9.47 Å². The molecule has 1 atom stereocenters. The van der Waals surface area contributed by atoms with Crippen LogP contribution >= 0.6 is 0 Å². The van der Waals surface area contributed by atoms with Gasteiger partial charge in [-0.3, -0.25) is 4.79 Å². The number of carbonyl (C=O) groups is 1. The van der Waals surface area contributed by atoms with Gasteiger partial charge in [0.1, 0.15) is 13.3 Å². The first-order valence-corrected chi connectivity index (χ1v) is 13.5. The fourth-order valence-electron chi connectivity index (χ4n) is 4.41.